The summed E-state index contributed by atoms with van der Waals surface area (Å²) >= 11 is 0. The van der Waals surface area contributed by atoms with E-state index in [0.717, 1.165) is 5.52 Å². The molecule has 126 valence electrons. The number of carbonyl (C=O) groups is 1. The third-order valence-corrected chi connectivity index (χ3v) is 4.22. The molecule has 0 aliphatic heterocycles. The lowest BCUT2D eigenvalue weighted by molar-refractivity contribution is -0.129. The van der Waals surface area contributed by atoms with Crippen LogP contribution >= 0.6 is 0 Å². The van der Waals surface area contributed by atoms with Gasteiger partial charge in [-0.05, 0) is 32.4 Å². The molecule has 0 fully saturated rings. The number of Topliss-reactive ketones (excluding diaryl/α,β-unsaturated/α-hetero) is 1. The molecule has 2 aromatic rings. The molecule has 2 rings (SSSR count). The molecule has 0 amide bonds. The van der Waals surface area contributed by atoms with E-state index in [2.05, 4.69) is 50.1 Å². The van der Waals surface area contributed by atoms with Crippen LogP contribution in [-0.2, 0) is 4.79 Å². The second kappa shape index (κ2) is 6.12. The molecular weight excluding hydrogens is 284 g/mol. The fourth-order valence-electron chi connectivity index (χ4n) is 3.00. The Bertz CT molecular complexity index is 685. The van der Waals surface area contributed by atoms with Crippen LogP contribution in [0.1, 0.15) is 59.9 Å². The number of carbonyl (C=O) groups excluding carboxylic acids is 1. The largest absolute Gasteiger partial charge is 0.361 e. The van der Waals surface area contributed by atoms with E-state index in [1.54, 1.807) is 0 Å². The van der Waals surface area contributed by atoms with Gasteiger partial charge in [-0.1, -0.05) is 45.9 Å². The van der Waals surface area contributed by atoms with Crippen molar-refractivity contribution in [2.45, 2.75) is 66.0 Å². The maximum Gasteiger partial charge on any atom is 0.155 e. The Labute approximate surface area is 139 Å². The molecule has 1 aromatic carbocycles. The normalized spacial score (nSPS) is 15.6. The summed E-state index contributed by atoms with van der Waals surface area (Å²) in [6, 6.07) is 8.05. The zero-order valence-corrected chi connectivity index (χ0v) is 15.4. The highest BCUT2D eigenvalue weighted by Crippen LogP contribution is 2.32. The lowest BCUT2D eigenvalue weighted by atomic mass is 9.79. The molecule has 1 aromatic heterocycles. The lowest BCUT2D eigenvalue weighted by Gasteiger charge is -2.35. The second-order valence-electron chi connectivity index (χ2n) is 8.56. The molecule has 0 aliphatic carbocycles. The minimum Gasteiger partial charge on any atom is -0.361 e. The molecule has 0 saturated heterocycles. The standard InChI is InChI=1S/C20H30N2O/c1-13(15-12-21-16-11-9-8-10-14(15)16)17(22-20(5,6)7)18(23)19(2,3)4/h8-13,17,21-22H,1-7H3. The number of H-pyrrole nitrogens is 1. The summed E-state index contributed by atoms with van der Waals surface area (Å²) in [4.78, 5) is 16.4. The van der Waals surface area contributed by atoms with Crippen molar-refractivity contribution in [2.24, 2.45) is 5.41 Å². The van der Waals surface area contributed by atoms with Crippen molar-refractivity contribution in [3.63, 3.8) is 0 Å². The van der Waals surface area contributed by atoms with Crippen LogP contribution in [0.5, 0.6) is 0 Å². The maximum absolute atomic E-state index is 13.0. The quantitative estimate of drug-likeness (QED) is 0.863. The van der Waals surface area contributed by atoms with Gasteiger partial charge in [0.05, 0.1) is 6.04 Å². The predicted molar refractivity (Wildman–Crippen MR) is 97.9 cm³/mol. The highest BCUT2D eigenvalue weighted by Gasteiger charge is 2.36. The number of fused-ring (bicyclic) bond motifs is 1. The molecule has 23 heavy (non-hydrogen) atoms. The first-order chi connectivity index (χ1) is 10.5. The Hall–Kier alpha value is -1.61. The highest BCUT2D eigenvalue weighted by atomic mass is 16.1. The van der Waals surface area contributed by atoms with E-state index in [1.807, 2.05) is 39.1 Å². The van der Waals surface area contributed by atoms with E-state index in [-0.39, 0.29) is 28.7 Å². The van der Waals surface area contributed by atoms with E-state index in [9.17, 15) is 4.79 Å². The zero-order valence-electron chi connectivity index (χ0n) is 15.4. The third kappa shape index (κ3) is 4.03. The molecule has 2 atom stereocenters. The van der Waals surface area contributed by atoms with Crippen molar-refractivity contribution in [1.29, 1.82) is 0 Å². The first-order valence-electron chi connectivity index (χ1n) is 8.39. The van der Waals surface area contributed by atoms with Crippen LogP contribution in [0.4, 0.5) is 0 Å². The van der Waals surface area contributed by atoms with Crippen molar-refractivity contribution in [3.05, 3.63) is 36.0 Å². The summed E-state index contributed by atoms with van der Waals surface area (Å²) in [7, 11) is 0. The van der Waals surface area contributed by atoms with Gasteiger partial charge in [0, 0.05) is 34.0 Å². The van der Waals surface area contributed by atoms with E-state index in [1.165, 1.54) is 10.9 Å². The van der Waals surface area contributed by atoms with Crippen molar-refractivity contribution in [2.75, 3.05) is 0 Å². The van der Waals surface area contributed by atoms with Crippen molar-refractivity contribution in [3.8, 4) is 0 Å². The monoisotopic (exact) mass is 314 g/mol. The molecule has 2 N–H and O–H groups in total. The average Bonchev–Trinajstić information content (AvgIpc) is 2.85. The molecule has 2 unspecified atom stereocenters. The predicted octanol–water partition coefficient (Wildman–Crippen LogP) is 4.64. The van der Waals surface area contributed by atoms with E-state index >= 15 is 0 Å². The van der Waals surface area contributed by atoms with Crippen LogP contribution in [0.3, 0.4) is 0 Å². The van der Waals surface area contributed by atoms with Gasteiger partial charge in [-0.2, -0.15) is 0 Å². The number of benzene rings is 1. The molecule has 0 spiro atoms. The van der Waals surface area contributed by atoms with Crippen molar-refractivity contribution < 1.29 is 4.79 Å². The maximum atomic E-state index is 13.0. The number of rotatable bonds is 4. The third-order valence-electron chi connectivity index (χ3n) is 4.22. The minimum atomic E-state index is -0.372. The molecule has 0 radical (unpaired) electrons. The van der Waals surface area contributed by atoms with Crippen molar-refractivity contribution in [1.82, 2.24) is 10.3 Å². The SMILES string of the molecule is CC(c1c[nH]c2ccccc12)C(NC(C)(C)C)C(=O)C(C)(C)C. The van der Waals surface area contributed by atoms with Crippen LogP contribution in [0, 0.1) is 5.41 Å². The van der Waals surface area contributed by atoms with Crippen molar-refractivity contribution >= 4 is 16.7 Å². The Morgan fingerprint density at radius 2 is 1.70 bits per heavy atom. The van der Waals surface area contributed by atoms with E-state index in [4.69, 9.17) is 0 Å². The first-order valence-corrected chi connectivity index (χ1v) is 8.39. The van der Waals surface area contributed by atoms with Crippen LogP contribution in [0.25, 0.3) is 10.9 Å². The number of aromatic amines is 1. The molecule has 3 nitrogen and oxygen atoms in total. The minimum absolute atomic E-state index is 0.0945. The number of hydrogen-bond acceptors (Lipinski definition) is 2. The summed E-state index contributed by atoms with van der Waals surface area (Å²) in [6.45, 7) is 14.5. The van der Waals surface area contributed by atoms with Gasteiger partial charge in [-0.15, -0.1) is 0 Å². The molecule has 0 aliphatic rings. The van der Waals surface area contributed by atoms with Gasteiger partial charge in [-0.25, -0.2) is 0 Å². The van der Waals surface area contributed by atoms with Crippen LogP contribution in [0.15, 0.2) is 30.5 Å². The molecule has 0 saturated carbocycles. The summed E-state index contributed by atoms with van der Waals surface area (Å²) in [5.41, 5.74) is 1.82. The van der Waals surface area contributed by atoms with Crippen LogP contribution in [-0.4, -0.2) is 22.3 Å². The Morgan fingerprint density at radius 1 is 1.09 bits per heavy atom. The second-order valence-corrected chi connectivity index (χ2v) is 8.56. The summed E-state index contributed by atoms with van der Waals surface area (Å²) < 4.78 is 0. The van der Waals surface area contributed by atoms with Crippen LogP contribution in [0.2, 0.25) is 0 Å². The van der Waals surface area contributed by atoms with Gasteiger partial charge in [0.2, 0.25) is 0 Å². The van der Waals surface area contributed by atoms with Gasteiger partial charge < -0.3 is 10.3 Å². The first kappa shape index (κ1) is 17.7. The molecule has 1 heterocycles. The summed E-state index contributed by atoms with van der Waals surface area (Å²) in [5, 5.41) is 4.75. The Balaban J connectivity index is 2.44. The summed E-state index contributed by atoms with van der Waals surface area (Å²) in [5.74, 6) is 0.349. The van der Waals surface area contributed by atoms with Crippen LogP contribution < -0.4 is 5.32 Å². The topological polar surface area (TPSA) is 44.9 Å². The lowest BCUT2D eigenvalue weighted by Crippen LogP contribution is -2.53. The fourth-order valence-corrected chi connectivity index (χ4v) is 3.00. The van der Waals surface area contributed by atoms with Gasteiger partial charge in [0.25, 0.3) is 0 Å². The summed E-state index contributed by atoms with van der Waals surface area (Å²) in [6.07, 6.45) is 2.04. The van der Waals surface area contributed by atoms with Gasteiger partial charge in [-0.3, -0.25) is 4.79 Å². The fraction of sp³-hybridized carbons (Fsp3) is 0.550. The number of para-hydroxylation sites is 1. The smallest absolute Gasteiger partial charge is 0.155 e. The number of hydrogen-bond donors (Lipinski definition) is 2. The van der Waals surface area contributed by atoms with Gasteiger partial charge in [0.15, 0.2) is 5.78 Å². The molecular formula is C20H30N2O. The van der Waals surface area contributed by atoms with Gasteiger partial charge >= 0.3 is 0 Å². The average molecular weight is 314 g/mol. The van der Waals surface area contributed by atoms with Gasteiger partial charge in [0.1, 0.15) is 0 Å². The molecule has 3 heteroatoms. The van der Waals surface area contributed by atoms with E-state index < -0.39 is 0 Å². The Kier molecular flexibility index (Phi) is 4.72. The highest BCUT2D eigenvalue weighted by molar-refractivity contribution is 5.91. The van der Waals surface area contributed by atoms with E-state index in [0.29, 0.717) is 0 Å². The molecule has 0 bridgehead atoms. The number of aromatic nitrogens is 1. The Morgan fingerprint density at radius 3 is 2.26 bits per heavy atom. The number of nitrogens with one attached hydrogen (secondary N) is 2. The number of ketones is 1. The zero-order chi connectivity index (χ0) is 17.4.